The normalized spacial score (nSPS) is 17.8. The summed E-state index contributed by atoms with van der Waals surface area (Å²) in [7, 11) is 0. The molecule has 0 aromatic heterocycles. The molecule has 1 N–H and O–H groups in total. The van der Waals surface area contributed by atoms with Gasteiger partial charge in [0.1, 0.15) is 0 Å². The lowest BCUT2D eigenvalue weighted by Crippen LogP contribution is -2.03. The van der Waals surface area contributed by atoms with Gasteiger partial charge in [-0.3, -0.25) is 4.79 Å². The van der Waals surface area contributed by atoms with E-state index in [1.54, 1.807) is 6.92 Å². The van der Waals surface area contributed by atoms with Crippen LogP contribution in [0.2, 0.25) is 0 Å². The Kier molecular flexibility index (Phi) is 7.26. The maximum atomic E-state index is 9.37. The fraction of sp³-hybridized carbons (Fsp3) is 0.889. The van der Waals surface area contributed by atoms with Gasteiger partial charge >= 0.3 is 5.97 Å². The van der Waals surface area contributed by atoms with Crippen molar-refractivity contribution in [2.45, 2.75) is 50.8 Å². The van der Waals surface area contributed by atoms with Crippen LogP contribution in [0.4, 0.5) is 0 Å². The van der Waals surface area contributed by atoms with E-state index in [2.05, 4.69) is 0 Å². The number of alkyl halides is 1. The standard InChI is InChI=1S/C6H11Cl.C3H6O2/c7-6-4-2-1-3-5-6;1-2-3(4)5/h6H,1-5H2;2H2,1H3,(H,4,5). The summed E-state index contributed by atoms with van der Waals surface area (Å²) in [5.74, 6) is -0.745. The Bertz CT molecular complexity index is 120. The lowest BCUT2D eigenvalue weighted by molar-refractivity contribution is -0.136. The molecule has 12 heavy (non-hydrogen) atoms. The van der Waals surface area contributed by atoms with Crippen LogP contribution in [0.5, 0.6) is 0 Å². The minimum absolute atomic E-state index is 0.222. The first-order chi connectivity index (χ1) is 5.66. The molecule has 1 aliphatic carbocycles. The number of carboxylic acid groups (broad SMARTS) is 1. The molecule has 0 aromatic rings. The number of halogens is 1. The molecule has 1 rings (SSSR count). The number of carbonyl (C=O) groups is 1. The summed E-state index contributed by atoms with van der Waals surface area (Å²) in [6.07, 6.45) is 6.84. The summed E-state index contributed by atoms with van der Waals surface area (Å²) in [6, 6.07) is 0. The molecule has 0 amide bonds. The highest BCUT2D eigenvalue weighted by Crippen LogP contribution is 2.21. The third-order valence-electron chi connectivity index (χ3n) is 1.84. The first-order valence-corrected chi connectivity index (χ1v) is 4.96. The van der Waals surface area contributed by atoms with Crippen LogP contribution in [0.3, 0.4) is 0 Å². The highest BCUT2D eigenvalue weighted by atomic mass is 35.5. The highest BCUT2D eigenvalue weighted by Gasteiger charge is 2.08. The molecule has 0 bridgehead atoms. The number of aliphatic carboxylic acids is 1. The summed E-state index contributed by atoms with van der Waals surface area (Å²) in [6.45, 7) is 1.60. The van der Waals surface area contributed by atoms with Gasteiger partial charge < -0.3 is 5.11 Å². The highest BCUT2D eigenvalue weighted by molar-refractivity contribution is 6.20. The van der Waals surface area contributed by atoms with Gasteiger partial charge in [-0.05, 0) is 12.8 Å². The minimum atomic E-state index is -0.745. The monoisotopic (exact) mass is 192 g/mol. The second kappa shape index (κ2) is 7.41. The summed E-state index contributed by atoms with van der Waals surface area (Å²) in [5.41, 5.74) is 0. The molecule has 0 aromatic carbocycles. The second-order valence-corrected chi connectivity index (χ2v) is 3.60. The van der Waals surface area contributed by atoms with E-state index in [-0.39, 0.29) is 6.42 Å². The van der Waals surface area contributed by atoms with Crippen molar-refractivity contribution in [1.82, 2.24) is 0 Å². The Morgan fingerprint density at radius 1 is 1.42 bits per heavy atom. The maximum absolute atomic E-state index is 9.37. The van der Waals surface area contributed by atoms with E-state index in [4.69, 9.17) is 16.7 Å². The Morgan fingerprint density at radius 2 is 1.83 bits per heavy atom. The molecule has 2 nitrogen and oxygen atoms in total. The van der Waals surface area contributed by atoms with Gasteiger partial charge in [-0.15, -0.1) is 11.6 Å². The molecule has 0 unspecified atom stereocenters. The predicted octanol–water partition coefficient (Wildman–Crippen LogP) is 3.04. The minimum Gasteiger partial charge on any atom is -0.481 e. The van der Waals surface area contributed by atoms with Gasteiger partial charge in [-0.2, -0.15) is 0 Å². The maximum Gasteiger partial charge on any atom is 0.303 e. The van der Waals surface area contributed by atoms with Gasteiger partial charge in [0.05, 0.1) is 0 Å². The van der Waals surface area contributed by atoms with Crippen LogP contribution in [0.15, 0.2) is 0 Å². The van der Waals surface area contributed by atoms with Crippen molar-refractivity contribution >= 4 is 17.6 Å². The number of hydrogen-bond acceptors (Lipinski definition) is 1. The van der Waals surface area contributed by atoms with Crippen molar-refractivity contribution in [3.05, 3.63) is 0 Å². The smallest absolute Gasteiger partial charge is 0.303 e. The molecule has 0 atom stereocenters. The molecule has 0 radical (unpaired) electrons. The largest absolute Gasteiger partial charge is 0.481 e. The first-order valence-electron chi connectivity index (χ1n) is 4.52. The fourth-order valence-corrected chi connectivity index (χ4v) is 1.36. The van der Waals surface area contributed by atoms with Crippen molar-refractivity contribution in [2.24, 2.45) is 0 Å². The summed E-state index contributed by atoms with van der Waals surface area (Å²) in [5, 5.41) is 8.23. The van der Waals surface area contributed by atoms with Crippen LogP contribution < -0.4 is 0 Å². The number of rotatable bonds is 1. The lowest BCUT2D eigenvalue weighted by Gasteiger charge is -2.13. The summed E-state index contributed by atoms with van der Waals surface area (Å²) in [4.78, 5) is 9.37. The molecule has 1 saturated carbocycles. The molecule has 1 aliphatic rings. The third-order valence-corrected chi connectivity index (χ3v) is 2.27. The van der Waals surface area contributed by atoms with Gasteiger partial charge in [-0.1, -0.05) is 26.2 Å². The van der Waals surface area contributed by atoms with Gasteiger partial charge in [0.25, 0.3) is 0 Å². The molecular formula is C9H17ClO2. The SMILES string of the molecule is CCC(=O)O.ClC1CCCCC1. The molecular weight excluding hydrogens is 176 g/mol. The quantitative estimate of drug-likeness (QED) is 0.649. The molecule has 0 heterocycles. The van der Waals surface area contributed by atoms with E-state index in [9.17, 15) is 4.79 Å². The van der Waals surface area contributed by atoms with Crippen molar-refractivity contribution in [3.8, 4) is 0 Å². The average Bonchev–Trinajstić information content (AvgIpc) is 2.07. The number of carboxylic acids is 1. The zero-order chi connectivity index (χ0) is 9.40. The Hall–Kier alpha value is -0.240. The Morgan fingerprint density at radius 3 is 2.00 bits per heavy atom. The van der Waals surface area contributed by atoms with E-state index in [1.807, 2.05) is 0 Å². The zero-order valence-electron chi connectivity index (χ0n) is 7.55. The Labute approximate surface area is 78.9 Å². The number of hydrogen-bond donors (Lipinski definition) is 1. The molecule has 3 heteroatoms. The van der Waals surface area contributed by atoms with Crippen LogP contribution in [-0.4, -0.2) is 16.5 Å². The van der Waals surface area contributed by atoms with Crippen LogP contribution >= 0.6 is 11.6 Å². The second-order valence-electron chi connectivity index (χ2n) is 2.98. The molecule has 0 spiro atoms. The van der Waals surface area contributed by atoms with Crippen LogP contribution in [0.25, 0.3) is 0 Å². The summed E-state index contributed by atoms with van der Waals surface area (Å²) >= 11 is 5.82. The third kappa shape index (κ3) is 7.86. The van der Waals surface area contributed by atoms with Gasteiger partial charge in [-0.25, -0.2) is 0 Å². The van der Waals surface area contributed by atoms with E-state index < -0.39 is 5.97 Å². The molecule has 0 aliphatic heterocycles. The average molecular weight is 193 g/mol. The van der Waals surface area contributed by atoms with Gasteiger partial charge in [0, 0.05) is 11.8 Å². The van der Waals surface area contributed by atoms with Crippen LogP contribution in [0.1, 0.15) is 45.4 Å². The van der Waals surface area contributed by atoms with E-state index >= 15 is 0 Å². The van der Waals surface area contributed by atoms with Crippen LogP contribution in [0, 0.1) is 0 Å². The fourth-order valence-electron chi connectivity index (χ4n) is 1.05. The Balaban J connectivity index is 0.000000217. The van der Waals surface area contributed by atoms with Crippen molar-refractivity contribution in [3.63, 3.8) is 0 Å². The van der Waals surface area contributed by atoms with E-state index in [1.165, 1.54) is 32.1 Å². The predicted molar refractivity (Wildman–Crippen MR) is 50.7 cm³/mol. The van der Waals surface area contributed by atoms with Gasteiger partial charge in [0.15, 0.2) is 0 Å². The molecule has 72 valence electrons. The lowest BCUT2D eigenvalue weighted by atomic mass is 10.0. The topological polar surface area (TPSA) is 37.3 Å². The molecule has 0 saturated heterocycles. The molecule has 1 fully saturated rings. The summed E-state index contributed by atoms with van der Waals surface area (Å²) < 4.78 is 0. The van der Waals surface area contributed by atoms with Crippen molar-refractivity contribution in [2.75, 3.05) is 0 Å². The first kappa shape index (κ1) is 11.8. The van der Waals surface area contributed by atoms with Crippen LogP contribution in [-0.2, 0) is 4.79 Å². The zero-order valence-corrected chi connectivity index (χ0v) is 8.31. The van der Waals surface area contributed by atoms with E-state index in [0.29, 0.717) is 5.38 Å². The van der Waals surface area contributed by atoms with Crippen molar-refractivity contribution < 1.29 is 9.90 Å². The van der Waals surface area contributed by atoms with E-state index in [0.717, 1.165) is 0 Å². The van der Waals surface area contributed by atoms with Crippen molar-refractivity contribution in [1.29, 1.82) is 0 Å². The van der Waals surface area contributed by atoms with Gasteiger partial charge in [0.2, 0.25) is 0 Å².